The zero-order valence-electron chi connectivity index (χ0n) is 18.6. The average Bonchev–Trinajstić information content (AvgIpc) is 3.02. The van der Waals surface area contributed by atoms with Crippen LogP contribution in [0.5, 0.6) is 0 Å². The zero-order chi connectivity index (χ0) is 23.8. The van der Waals surface area contributed by atoms with Gasteiger partial charge in [-0.1, -0.05) is 60.7 Å². The number of carbonyl (C=O) groups excluding carboxylic acids is 3. The van der Waals surface area contributed by atoms with Gasteiger partial charge in [0.15, 0.2) is 0 Å². The van der Waals surface area contributed by atoms with Crippen LogP contribution in [0.3, 0.4) is 0 Å². The molecular weight excluding hydrogens is 460 g/mol. The van der Waals surface area contributed by atoms with Crippen LogP contribution in [0.2, 0.25) is 0 Å². The molecule has 2 fully saturated rings. The minimum Gasteiger partial charge on any atom is -0.614 e. The molecule has 0 saturated carbocycles. The van der Waals surface area contributed by atoms with E-state index in [1.807, 2.05) is 60.7 Å². The molecule has 174 valence electrons. The number of fused-ring (bicyclic) bond motifs is 1. The van der Waals surface area contributed by atoms with E-state index in [9.17, 15) is 18.9 Å². The van der Waals surface area contributed by atoms with E-state index in [4.69, 9.17) is 4.74 Å². The summed E-state index contributed by atoms with van der Waals surface area (Å²) in [6, 6.07) is 17.7. The Morgan fingerprint density at radius 1 is 1.09 bits per heavy atom. The fourth-order valence-corrected chi connectivity index (χ4v) is 8.16. The number of amides is 2. The molecule has 2 aromatic carbocycles. The maximum Gasteiger partial charge on any atom is 0.387 e. The van der Waals surface area contributed by atoms with E-state index >= 15 is 0 Å². The highest BCUT2D eigenvalue weighted by Crippen LogP contribution is 2.59. The second-order valence-electron chi connectivity index (χ2n) is 8.59. The Hall–Kier alpha value is -2.49. The SMILES string of the molecule is C[S+]([O-])[C@@]1(C(=O)OCc2ccccc2)N2C(=O)[C@H](NC(=O)Cc3ccccc3)[C@H]2SC1(C)C. The van der Waals surface area contributed by atoms with Gasteiger partial charge in [0.05, 0.1) is 17.4 Å². The Morgan fingerprint density at radius 2 is 1.67 bits per heavy atom. The lowest BCUT2D eigenvalue weighted by molar-refractivity contribution is -0.168. The predicted octanol–water partition coefficient (Wildman–Crippen LogP) is 2.23. The monoisotopic (exact) mass is 486 g/mol. The Bertz CT molecular complexity index is 1050. The number of esters is 1. The first-order valence-corrected chi connectivity index (χ1v) is 13.0. The number of hydrogen-bond donors (Lipinski definition) is 1. The molecule has 9 heteroatoms. The molecule has 2 aliphatic heterocycles. The molecule has 0 aromatic heterocycles. The molecule has 4 atom stereocenters. The molecule has 2 saturated heterocycles. The normalized spacial score (nSPS) is 26.2. The van der Waals surface area contributed by atoms with Crippen molar-refractivity contribution in [2.24, 2.45) is 0 Å². The van der Waals surface area contributed by atoms with E-state index < -0.39 is 44.1 Å². The first kappa shape index (κ1) is 23.7. The third-order valence-electron chi connectivity index (χ3n) is 6.04. The lowest BCUT2D eigenvalue weighted by atomic mass is 9.94. The smallest absolute Gasteiger partial charge is 0.387 e. The number of hydrogen-bond acceptors (Lipinski definition) is 6. The number of β-lactam (4-membered cyclic amide) rings is 1. The number of carbonyl (C=O) groups is 3. The molecule has 0 bridgehead atoms. The lowest BCUT2D eigenvalue weighted by Crippen LogP contribution is -2.77. The van der Waals surface area contributed by atoms with Gasteiger partial charge in [-0.05, 0) is 36.2 Å². The highest BCUT2D eigenvalue weighted by atomic mass is 32.2. The van der Waals surface area contributed by atoms with Gasteiger partial charge < -0.3 is 14.6 Å². The summed E-state index contributed by atoms with van der Waals surface area (Å²) in [6.07, 6.45) is 1.57. The third kappa shape index (κ3) is 4.02. The third-order valence-corrected chi connectivity index (χ3v) is 9.49. The topological polar surface area (TPSA) is 98.8 Å². The van der Waals surface area contributed by atoms with Crippen LogP contribution in [-0.4, -0.2) is 54.5 Å². The summed E-state index contributed by atoms with van der Waals surface area (Å²) < 4.78 is 17.8. The van der Waals surface area contributed by atoms with Crippen LogP contribution in [0.4, 0.5) is 0 Å². The molecule has 2 amide bonds. The molecule has 2 aromatic rings. The highest BCUT2D eigenvalue weighted by molar-refractivity contribution is 8.04. The molecule has 1 N–H and O–H groups in total. The minimum atomic E-state index is -1.74. The fraction of sp³-hybridized carbons (Fsp3) is 0.375. The second-order valence-corrected chi connectivity index (χ2v) is 11.8. The largest absolute Gasteiger partial charge is 0.614 e. The zero-order valence-corrected chi connectivity index (χ0v) is 20.3. The maximum absolute atomic E-state index is 13.4. The standard InChI is InChI=1S/C24H26N2O5S2/c1-23(2)24(33(3)30,22(29)31-15-17-12-8-5-9-13-17)26-20(28)19(21(26)32-23)25-18(27)14-16-10-6-4-7-11-16/h4-13,19,21H,14-15H2,1-3H3,(H,25,27)/t19-,21+,24+,33?/m0/s1. The minimum absolute atomic E-state index is 0.0172. The number of nitrogens with zero attached hydrogens (tertiary/aromatic N) is 1. The van der Waals surface area contributed by atoms with Crippen molar-refractivity contribution in [3.8, 4) is 0 Å². The number of benzene rings is 2. The van der Waals surface area contributed by atoms with Gasteiger partial charge in [-0.3, -0.25) is 14.5 Å². The Morgan fingerprint density at radius 3 is 2.24 bits per heavy atom. The summed E-state index contributed by atoms with van der Waals surface area (Å²) in [7, 11) is 0. The van der Waals surface area contributed by atoms with Crippen molar-refractivity contribution < 1.29 is 23.7 Å². The molecule has 0 spiro atoms. The van der Waals surface area contributed by atoms with Crippen LogP contribution in [0.15, 0.2) is 60.7 Å². The van der Waals surface area contributed by atoms with Crippen LogP contribution in [0.25, 0.3) is 0 Å². The maximum atomic E-state index is 13.4. The van der Waals surface area contributed by atoms with E-state index in [0.29, 0.717) is 0 Å². The summed E-state index contributed by atoms with van der Waals surface area (Å²) in [5.74, 6) is -1.40. The second kappa shape index (κ2) is 9.04. The van der Waals surface area contributed by atoms with Crippen LogP contribution < -0.4 is 5.32 Å². The van der Waals surface area contributed by atoms with Crippen molar-refractivity contribution in [3.63, 3.8) is 0 Å². The summed E-state index contributed by atoms with van der Waals surface area (Å²) >= 11 is -0.380. The van der Waals surface area contributed by atoms with Crippen LogP contribution >= 0.6 is 11.8 Å². The van der Waals surface area contributed by atoms with E-state index in [1.165, 1.54) is 22.9 Å². The Labute approximate surface area is 200 Å². The van der Waals surface area contributed by atoms with Crippen molar-refractivity contribution in [1.82, 2.24) is 10.2 Å². The quantitative estimate of drug-likeness (QED) is 0.366. The fourth-order valence-electron chi connectivity index (χ4n) is 4.50. The summed E-state index contributed by atoms with van der Waals surface area (Å²) in [5.41, 5.74) is 1.63. The molecule has 7 nitrogen and oxygen atoms in total. The summed E-state index contributed by atoms with van der Waals surface area (Å²) in [4.78, 5) is 38.8. The van der Waals surface area contributed by atoms with Crippen molar-refractivity contribution in [2.45, 2.75) is 47.9 Å². The molecule has 33 heavy (non-hydrogen) atoms. The van der Waals surface area contributed by atoms with E-state index in [1.54, 1.807) is 13.8 Å². The Kier molecular flexibility index (Phi) is 6.48. The van der Waals surface area contributed by atoms with Gasteiger partial charge >= 0.3 is 10.8 Å². The molecular formula is C24H26N2O5S2. The molecule has 4 rings (SSSR count). The Balaban J connectivity index is 1.52. The predicted molar refractivity (Wildman–Crippen MR) is 127 cm³/mol. The molecule has 0 radical (unpaired) electrons. The van der Waals surface area contributed by atoms with Gasteiger partial charge in [0.25, 0.3) is 5.91 Å². The summed E-state index contributed by atoms with van der Waals surface area (Å²) in [6.45, 7) is 3.60. The van der Waals surface area contributed by atoms with Gasteiger partial charge in [-0.2, -0.15) is 0 Å². The van der Waals surface area contributed by atoms with Gasteiger partial charge in [0.1, 0.15) is 18.0 Å². The number of thioether (sulfide) groups is 1. The lowest BCUT2D eigenvalue weighted by Gasteiger charge is -2.48. The van der Waals surface area contributed by atoms with Crippen molar-refractivity contribution >= 4 is 40.7 Å². The first-order chi connectivity index (χ1) is 15.7. The van der Waals surface area contributed by atoms with Gasteiger partial charge in [0, 0.05) is 0 Å². The van der Waals surface area contributed by atoms with E-state index in [-0.39, 0.29) is 18.9 Å². The molecule has 2 aliphatic rings. The number of ether oxygens (including phenoxy) is 1. The first-order valence-electron chi connectivity index (χ1n) is 10.6. The number of rotatable bonds is 7. The number of nitrogens with one attached hydrogen (secondary N) is 1. The van der Waals surface area contributed by atoms with Crippen molar-refractivity contribution in [1.29, 1.82) is 0 Å². The van der Waals surface area contributed by atoms with Crippen molar-refractivity contribution in [2.75, 3.05) is 6.26 Å². The average molecular weight is 487 g/mol. The van der Waals surface area contributed by atoms with Gasteiger partial charge in [-0.15, -0.1) is 11.8 Å². The van der Waals surface area contributed by atoms with Crippen LogP contribution in [-0.2, 0) is 43.3 Å². The van der Waals surface area contributed by atoms with Crippen LogP contribution in [0.1, 0.15) is 25.0 Å². The van der Waals surface area contributed by atoms with Gasteiger partial charge in [-0.25, -0.2) is 4.79 Å². The molecule has 1 unspecified atom stereocenters. The van der Waals surface area contributed by atoms with Crippen molar-refractivity contribution in [3.05, 3.63) is 71.8 Å². The highest BCUT2D eigenvalue weighted by Gasteiger charge is 2.79. The molecule has 0 aliphatic carbocycles. The van der Waals surface area contributed by atoms with E-state index in [2.05, 4.69) is 5.32 Å². The van der Waals surface area contributed by atoms with Crippen LogP contribution in [0, 0.1) is 0 Å². The molecule has 2 heterocycles. The van der Waals surface area contributed by atoms with E-state index in [0.717, 1.165) is 11.1 Å². The van der Waals surface area contributed by atoms with Gasteiger partial charge in [0.2, 0.25) is 5.91 Å². The summed E-state index contributed by atoms with van der Waals surface area (Å²) in [5, 5.41) is 2.30.